The van der Waals surface area contributed by atoms with Crippen molar-refractivity contribution in [2.75, 3.05) is 14.7 Å². The van der Waals surface area contributed by atoms with Gasteiger partial charge in [0, 0.05) is 93.1 Å². The number of para-hydroxylation sites is 4. The van der Waals surface area contributed by atoms with Crippen LogP contribution in [-0.4, -0.2) is 10.1 Å². The molecule has 4 heteroatoms. The van der Waals surface area contributed by atoms with Gasteiger partial charge in [-0.1, -0.05) is 134 Å². The highest BCUT2D eigenvalue weighted by atomic mass is 15.3. The molecule has 4 nitrogen and oxygen atoms in total. The van der Waals surface area contributed by atoms with Gasteiger partial charge in [0.05, 0.1) is 11.1 Å². The van der Waals surface area contributed by atoms with E-state index in [1.807, 2.05) is 0 Å². The van der Waals surface area contributed by atoms with Crippen LogP contribution in [-0.2, 0) is 12.0 Å². The van der Waals surface area contributed by atoms with Gasteiger partial charge < -0.3 is 19.3 Å². The lowest BCUT2D eigenvalue weighted by Crippen LogP contribution is -2.39. The highest BCUT2D eigenvalue weighted by molar-refractivity contribution is 5.72. The fraction of sp³-hybridized carbons (Fsp3) is 0.246. The second-order valence-corrected chi connectivity index (χ2v) is 19.6. The van der Waals surface area contributed by atoms with E-state index < -0.39 is 0 Å². The number of rotatable bonds is 12. The highest BCUT2D eigenvalue weighted by Gasteiger charge is 2.61. The van der Waals surface area contributed by atoms with Gasteiger partial charge in [0.2, 0.25) is 0 Å². The van der Waals surface area contributed by atoms with Crippen molar-refractivity contribution in [1.29, 1.82) is 0 Å². The van der Waals surface area contributed by atoms with E-state index in [-0.39, 0.29) is 11.1 Å². The number of allylic oxidation sites excluding steroid dienone is 13. The lowest BCUT2D eigenvalue weighted by atomic mass is 10.0. The molecule has 4 fully saturated rings. The maximum absolute atomic E-state index is 2.89. The Morgan fingerprint density at radius 1 is 0.631 bits per heavy atom. The summed E-state index contributed by atoms with van der Waals surface area (Å²) in [4.78, 5) is 7.74. The molecule has 0 saturated heterocycles. The fourth-order valence-corrected chi connectivity index (χ4v) is 12.3. The molecule has 0 aliphatic heterocycles. The number of aromatic nitrogens is 1. The van der Waals surface area contributed by atoms with Crippen molar-refractivity contribution >= 4 is 34.9 Å². The number of nitrogens with zero attached hydrogens (tertiary/aromatic N) is 4. The predicted octanol–water partition coefficient (Wildman–Crippen LogP) is 12.5. The molecule has 0 N–H and O–H groups in total. The summed E-state index contributed by atoms with van der Waals surface area (Å²) in [5.41, 5.74) is 12.0. The molecule has 4 aromatic carbocycles. The summed E-state index contributed by atoms with van der Waals surface area (Å²) >= 11 is 0. The molecule has 0 bridgehead atoms. The lowest BCUT2D eigenvalue weighted by Gasteiger charge is -2.36. The predicted molar refractivity (Wildman–Crippen MR) is 269 cm³/mol. The van der Waals surface area contributed by atoms with E-state index in [4.69, 9.17) is 0 Å². The van der Waals surface area contributed by atoms with Crippen LogP contribution >= 0.6 is 0 Å². The van der Waals surface area contributed by atoms with Crippen molar-refractivity contribution < 1.29 is 0 Å². The molecule has 0 spiro atoms. The zero-order valence-electron chi connectivity index (χ0n) is 37.2. The van der Waals surface area contributed by atoms with Gasteiger partial charge in [0.1, 0.15) is 0 Å². The van der Waals surface area contributed by atoms with Crippen molar-refractivity contribution in [3.63, 3.8) is 0 Å². The Morgan fingerprint density at radius 2 is 1.34 bits per heavy atom. The van der Waals surface area contributed by atoms with Gasteiger partial charge in [-0.25, -0.2) is 0 Å². The third-order valence-electron chi connectivity index (χ3n) is 15.8. The SMILES string of the molecule is C/C=C\C1CC1(/C=C/N(C1=CC=CC2CC12)c1ccccc1)n1c2c(c3c1=CC=C(N(c1ccccc1)c1ccccc1)CC=3)CC=C(N(c1ccccc1)C13C=CC=CC1C3)C1CC21. The van der Waals surface area contributed by atoms with Crippen LogP contribution in [0.15, 0.2) is 218 Å². The molecule has 1 heterocycles. The summed E-state index contributed by atoms with van der Waals surface area (Å²) in [6.45, 7) is 2.20. The van der Waals surface area contributed by atoms with Crippen LogP contribution in [0.25, 0.3) is 12.2 Å². The first kappa shape index (κ1) is 38.7. The maximum Gasteiger partial charge on any atom is 0.0717 e. The second-order valence-electron chi connectivity index (χ2n) is 19.6. The van der Waals surface area contributed by atoms with Crippen LogP contribution in [0.2, 0.25) is 0 Å². The molecule has 0 amide bonds. The van der Waals surface area contributed by atoms with Gasteiger partial charge in [-0.05, 0) is 129 Å². The largest absolute Gasteiger partial charge is 0.335 e. The van der Waals surface area contributed by atoms with Gasteiger partial charge >= 0.3 is 0 Å². The molecule has 65 heavy (non-hydrogen) atoms. The number of hydrogen-bond acceptors (Lipinski definition) is 3. The van der Waals surface area contributed by atoms with E-state index in [0.29, 0.717) is 35.5 Å². The maximum atomic E-state index is 2.89. The van der Waals surface area contributed by atoms with Crippen LogP contribution in [0.5, 0.6) is 0 Å². The number of fused-ring (bicyclic) bond motifs is 7. The Hall–Kier alpha value is -6.78. The first-order valence-electron chi connectivity index (χ1n) is 24.2. The average molecular weight is 845 g/mol. The Morgan fingerprint density at radius 3 is 2.05 bits per heavy atom. The van der Waals surface area contributed by atoms with E-state index in [1.54, 1.807) is 5.69 Å². The molecule has 8 aliphatic carbocycles. The molecule has 8 atom stereocenters. The van der Waals surface area contributed by atoms with E-state index >= 15 is 0 Å². The van der Waals surface area contributed by atoms with Crippen molar-refractivity contribution in [2.24, 2.45) is 29.6 Å². The molecule has 1 aromatic heterocycles. The minimum absolute atomic E-state index is 0.00920. The summed E-state index contributed by atoms with van der Waals surface area (Å²) < 4.78 is 2.89. The first-order valence-corrected chi connectivity index (χ1v) is 24.2. The zero-order chi connectivity index (χ0) is 43.1. The Labute approximate surface area is 383 Å². The first-order chi connectivity index (χ1) is 32.1. The average Bonchev–Trinajstić information content (AvgIpc) is 4.17. The summed E-state index contributed by atoms with van der Waals surface area (Å²) in [5, 5.41) is 2.78. The van der Waals surface area contributed by atoms with Crippen molar-refractivity contribution in [3.05, 3.63) is 239 Å². The monoisotopic (exact) mass is 844 g/mol. The number of hydrogen-bond donors (Lipinski definition) is 0. The van der Waals surface area contributed by atoms with Gasteiger partial charge in [0.25, 0.3) is 0 Å². The summed E-state index contributed by atoms with van der Waals surface area (Å²) in [6, 6.07) is 44.1. The van der Waals surface area contributed by atoms with Gasteiger partial charge in [-0.3, -0.25) is 0 Å². The van der Waals surface area contributed by atoms with Crippen LogP contribution in [0.4, 0.5) is 22.7 Å². The summed E-state index contributed by atoms with van der Waals surface area (Å²) in [5.74, 6) is 3.08. The minimum Gasteiger partial charge on any atom is -0.335 e. The van der Waals surface area contributed by atoms with E-state index in [1.165, 1.54) is 75.2 Å². The normalized spacial score (nSPS) is 29.3. The van der Waals surface area contributed by atoms with Crippen LogP contribution < -0.4 is 25.3 Å². The zero-order valence-corrected chi connectivity index (χ0v) is 37.2. The molecule has 8 aliphatic rings. The van der Waals surface area contributed by atoms with Gasteiger partial charge in [-0.2, -0.15) is 0 Å². The molecule has 13 rings (SSSR count). The van der Waals surface area contributed by atoms with Crippen molar-refractivity contribution in [2.45, 2.75) is 62.4 Å². The quantitative estimate of drug-likeness (QED) is 0.116. The molecule has 0 radical (unpaired) electrons. The smallest absolute Gasteiger partial charge is 0.0717 e. The van der Waals surface area contributed by atoms with E-state index in [2.05, 4.69) is 239 Å². The van der Waals surface area contributed by atoms with Crippen LogP contribution in [0, 0.1) is 29.6 Å². The van der Waals surface area contributed by atoms with E-state index in [9.17, 15) is 0 Å². The number of benzene rings is 4. The molecule has 4 saturated carbocycles. The Balaban J connectivity index is 0.991. The standard InChI is InChI=1S/C61H56N4/c1-2-18-44-41-61(44,37-38-62(46-21-7-3-8-22-46)56-29-17-19-43-39-53(43)56)65-57-34-31-49(63(47-23-9-4-10-24-47)48-25-11-5-12-26-48)30-32-51(57)52-33-35-58(54-40-55(54)59(52)65)64(50-27-13-6-14-28-50)60-36-16-15-20-45(60)42-60/h2-29,31-32,34-38,43-45,53-55H,30,33,39-42H2,1H3/b18-2-,38-37+. The molecule has 320 valence electrons. The van der Waals surface area contributed by atoms with Crippen molar-refractivity contribution in [1.82, 2.24) is 4.57 Å². The minimum atomic E-state index is -0.208. The fourth-order valence-electron chi connectivity index (χ4n) is 12.3. The topological polar surface area (TPSA) is 14.7 Å². The lowest BCUT2D eigenvalue weighted by molar-refractivity contribution is 0.525. The van der Waals surface area contributed by atoms with Gasteiger partial charge in [0.15, 0.2) is 0 Å². The Kier molecular flexibility index (Phi) is 9.02. The third kappa shape index (κ3) is 6.39. The summed E-state index contributed by atoms with van der Waals surface area (Å²) in [7, 11) is 0. The van der Waals surface area contributed by atoms with Crippen LogP contribution in [0.1, 0.15) is 56.2 Å². The third-order valence-corrected chi connectivity index (χ3v) is 15.8. The number of anilines is 4. The van der Waals surface area contributed by atoms with Crippen molar-refractivity contribution in [3.8, 4) is 0 Å². The van der Waals surface area contributed by atoms with Crippen LogP contribution in [0.3, 0.4) is 0 Å². The van der Waals surface area contributed by atoms with Gasteiger partial charge in [-0.15, -0.1) is 0 Å². The molecule has 5 aromatic rings. The Bertz CT molecular complexity index is 3010. The van der Waals surface area contributed by atoms with E-state index in [0.717, 1.165) is 19.3 Å². The molecular weight excluding hydrogens is 789 g/mol. The molecule has 8 unspecified atom stereocenters. The summed E-state index contributed by atoms with van der Waals surface area (Å²) in [6.07, 6.45) is 43.0. The second kappa shape index (κ2) is 15.2. The highest BCUT2D eigenvalue weighted by Crippen LogP contribution is 2.63. The molecular formula is C61H56N4.